The van der Waals surface area contributed by atoms with Crippen LogP contribution in [0.3, 0.4) is 0 Å². The van der Waals surface area contributed by atoms with Gasteiger partial charge >= 0.3 is 0 Å². The van der Waals surface area contributed by atoms with Crippen molar-refractivity contribution in [2.75, 3.05) is 0 Å². The van der Waals surface area contributed by atoms with Crippen molar-refractivity contribution >= 4 is 28.3 Å². The Kier molecular flexibility index (Phi) is 3.62. The first-order valence-corrected chi connectivity index (χ1v) is 8.37. The van der Waals surface area contributed by atoms with Gasteiger partial charge in [0.25, 0.3) is 5.91 Å². The quantitative estimate of drug-likeness (QED) is 0.601. The third-order valence-electron chi connectivity index (χ3n) is 3.82. The number of rotatable bonds is 4. The lowest BCUT2D eigenvalue weighted by molar-refractivity contribution is 0.0945. The minimum atomic E-state index is -0.182. The fraction of sp³-hybridized carbons (Fsp3) is 0.118. The summed E-state index contributed by atoms with van der Waals surface area (Å²) in [4.78, 5) is 20.7. The second-order valence-electron chi connectivity index (χ2n) is 5.45. The SMILES string of the molecule is Cn1nc(C(=O)NCc2ccc3nc[nH]c3c2)cc1-c1cccs1. The number of aromatic nitrogens is 4. The molecule has 3 heterocycles. The maximum absolute atomic E-state index is 12.4. The fourth-order valence-electron chi connectivity index (χ4n) is 2.60. The summed E-state index contributed by atoms with van der Waals surface area (Å²) >= 11 is 1.63. The van der Waals surface area contributed by atoms with Crippen molar-refractivity contribution in [3.05, 3.63) is 59.4 Å². The lowest BCUT2D eigenvalue weighted by atomic mass is 10.2. The molecule has 0 bridgehead atoms. The standard InChI is InChI=1S/C17H15N5OS/c1-22-15(16-3-2-6-24-16)8-14(21-22)17(23)18-9-11-4-5-12-13(7-11)20-10-19-12/h2-8,10H,9H2,1H3,(H,18,23)(H,19,20). The van der Waals surface area contributed by atoms with Crippen LogP contribution in [0.5, 0.6) is 0 Å². The Morgan fingerprint density at radius 1 is 1.33 bits per heavy atom. The van der Waals surface area contributed by atoms with Crippen LogP contribution < -0.4 is 5.32 Å². The van der Waals surface area contributed by atoms with E-state index in [4.69, 9.17) is 0 Å². The molecule has 7 heteroatoms. The van der Waals surface area contributed by atoms with Crippen molar-refractivity contribution in [2.24, 2.45) is 7.05 Å². The molecule has 0 unspecified atom stereocenters. The van der Waals surface area contributed by atoms with Gasteiger partial charge < -0.3 is 10.3 Å². The van der Waals surface area contributed by atoms with Crippen molar-refractivity contribution in [1.82, 2.24) is 25.1 Å². The Morgan fingerprint density at radius 2 is 2.25 bits per heavy atom. The van der Waals surface area contributed by atoms with Crippen LogP contribution in [0.4, 0.5) is 0 Å². The molecule has 0 saturated carbocycles. The number of carbonyl (C=O) groups excluding carboxylic acids is 1. The van der Waals surface area contributed by atoms with Crippen LogP contribution in [0.1, 0.15) is 16.1 Å². The molecule has 0 aliphatic heterocycles. The fourth-order valence-corrected chi connectivity index (χ4v) is 3.37. The van der Waals surface area contributed by atoms with Gasteiger partial charge in [-0.2, -0.15) is 5.10 Å². The van der Waals surface area contributed by atoms with E-state index >= 15 is 0 Å². The van der Waals surface area contributed by atoms with Crippen LogP contribution >= 0.6 is 11.3 Å². The van der Waals surface area contributed by atoms with Gasteiger partial charge in [-0.25, -0.2) is 4.98 Å². The minimum absolute atomic E-state index is 0.182. The number of benzene rings is 1. The van der Waals surface area contributed by atoms with Gasteiger partial charge in [0, 0.05) is 13.6 Å². The van der Waals surface area contributed by atoms with Crippen molar-refractivity contribution in [1.29, 1.82) is 0 Å². The first kappa shape index (κ1) is 14.6. The number of hydrogen-bond donors (Lipinski definition) is 2. The molecule has 0 radical (unpaired) electrons. The van der Waals surface area contributed by atoms with Crippen LogP contribution in [-0.4, -0.2) is 25.7 Å². The Labute approximate surface area is 142 Å². The number of nitrogens with one attached hydrogen (secondary N) is 2. The van der Waals surface area contributed by atoms with Crippen LogP contribution in [0.25, 0.3) is 21.6 Å². The summed E-state index contributed by atoms with van der Waals surface area (Å²) in [5.74, 6) is -0.182. The second-order valence-corrected chi connectivity index (χ2v) is 6.40. The van der Waals surface area contributed by atoms with E-state index in [1.54, 1.807) is 22.3 Å². The van der Waals surface area contributed by atoms with Gasteiger partial charge in [-0.1, -0.05) is 12.1 Å². The van der Waals surface area contributed by atoms with E-state index < -0.39 is 0 Å². The highest BCUT2D eigenvalue weighted by atomic mass is 32.1. The van der Waals surface area contributed by atoms with E-state index in [-0.39, 0.29) is 5.91 Å². The molecule has 0 saturated heterocycles. The summed E-state index contributed by atoms with van der Waals surface area (Å²) in [6.45, 7) is 0.443. The van der Waals surface area contributed by atoms with Gasteiger partial charge in [0.15, 0.2) is 5.69 Å². The second kappa shape index (κ2) is 5.93. The molecule has 2 N–H and O–H groups in total. The molecular weight excluding hydrogens is 322 g/mol. The summed E-state index contributed by atoms with van der Waals surface area (Å²) in [7, 11) is 1.85. The average Bonchev–Trinajstić information content (AvgIpc) is 3.31. The first-order chi connectivity index (χ1) is 11.7. The molecule has 0 spiro atoms. The van der Waals surface area contributed by atoms with E-state index in [2.05, 4.69) is 20.4 Å². The van der Waals surface area contributed by atoms with Gasteiger partial charge in [0.05, 0.1) is 27.9 Å². The topological polar surface area (TPSA) is 75.6 Å². The summed E-state index contributed by atoms with van der Waals surface area (Å²) in [5.41, 5.74) is 4.24. The van der Waals surface area contributed by atoms with Gasteiger partial charge in [-0.3, -0.25) is 9.48 Å². The number of thiophene rings is 1. The van der Waals surface area contributed by atoms with Crippen molar-refractivity contribution < 1.29 is 4.79 Å². The monoisotopic (exact) mass is 337 g/mol. The highest BCUT2D eigenvalue weighted by Crippen LogP contribution is 2.24. The molecule has 4 rings (SSSR count). The number of amides is 1. The van der Waals surface area contributed by atoms with Crippen molar-refractivity contribution in [2.45, 2.75) is 6.54 Å². The van der Waals surface area contributed by atoms with E-state index in [1.165, 1.54) is 0 Å². The van der Waals surface area contributed by atoms with Gasteiger partial charge in [0.2, 0.25) is 0 Å². The lowest BCUT2D eigenvalue weighted by Gasteiger charge is -2.03. The third kappa shape index (κ3) is 2.69. The molecule has 6 nitrogen and oxygen atoms in total. The largest absolute Gasteiger partial charge is 0.347 e. The minimum Gasteiger partial charge on any atom is -0.347 e. The molecule has 0 atom stereocenters. The van der Waals surface area contributed by atoms with Gasteiger partial charge in [0.1, 0.15) is 0 Å². The number of aromatic amines is 1. The molecule has 0 aliphatic carbocycles. The predicted octanol–water partition coefficient (Wildman–Crippen LogP) is 2.95. The number of nitrogens with zero attached hydrogens (tertiary/aromatic N) is 3. The van der Waals surface area contributed by atoms with Crippen LogP contribution in [0.2, 0.25) is 0 Å². The zero-order valence-corrected chi connectivity index (χ0v) is 13.8. The van der Waals surface area contributed by atoms with E-state index in [1.807, 2.05) is 48.8 Å². The summed E-state index contributed by atoms with van der Waals surface area (Å²) in [6.07, 6.45) is 1.66. The Bertz CT molecular complexity index is 999. The molecular formula is C17H15N5OS. The molecule has 1 aromatic carbocycles. The van der Waals surface area contributed by atoms with Gasteiger partial charge in [-0.05, 0) is 35.2 Å². The van der Waals surface area contributed by atoms with Crippen LogP contribution in [-0.2, 0) is 13.6 Å². The first-order valence-electron chi connectivity index (χ1n) is 7.49. The maximum Gasteiger partial charge on any atom is 0.272 e. The molecule has 24 heavy (non-hydrogen) atoms. The van der Waals surface area contributed by atoms with E-state index in [0.717, 1.165) is 27.2 Å². The average molecular weight is 337 g/mol. The highest BCUT2D eigenvalue weighted by Gasteiger charge is 2.14. The number of aryl methyl sites for hydroxylation is 1. The molecule has 1 amide bonds. The van der Waals surface area contributed by atoms with Crippen molar-refractivity contribution in [3.63, 3.8) is 0 Å². The Hall–Kier alpha value is -2.93. The van der Waals surface area contributed by atoms with E-state index in [0.29, 0.717) is 12.2 Å². The number of carbonyl (C=O) groups is 1. The number of H-pyrrole nitrogens is 1. The molecule has 120 valence electrons. The Balaban J connectivity index is 1.49. The van der Waals surface area contributed by atoms with Crippen LogP contribution in [0.15, 0.2) is 48.1 Å². The number of imidazole rings is 1. The third-order valence-corrected chi connectivity index (χ3v) is 4.72. The summed E-state index contributed by atoms with van der Waals surface area (Å²) in [6, 6.07) is 11.7. The lowest BCUT2D eigenvalue weighted by Crippen LogP contribution is -2.23. The number of hydrogen-bond acceptors (Lipinski definition) is 4. The molecule has 4 aromatic rings. The smallest absolute Gasteiger partial charge is 0.272 e. The maximum atomic E-state index is 12.4. The predicted molar refractivity (Wildman–Crippen MR) is 93.8 cm³/mol. The van der Waals surface area contributed by atoms with Crippen LogP contribution in [0, 0.1) is 0 Å². The zero-order chi connectivity index (χ0) is 16.5. The summed E-state index contributed by atoms with van der Waals surface area (Å²) in [5, 5.41) is 9.24. The normalized spacial score (nSPS) is 11.0. The number of fused-ring (bicyclic) bond motifs is 1. The zero-order valence-electron chi connectivity index (χ0n) is 13.0. The van der Waals surface area contributed by atoms with E-state index in [9.17, 15) is 4.79 Å². The summed E-state index contributed by atoms with van der Waals surface area (Å²) < 4.78 is 1.73. The Morgan fingerprint density at radius 3 is 3.08 bits per heavy atom. The van der Waals surface area contributed by atoms with Crippen molar-refractivity contribution in [3.8, 4) is 10.6 Å². The molecule has 3 aromatic heterocycles. The molecule has 0 aliphatic rings. The van der Waals surface area contributed by atoms with Gasteiger partial charge in [-0.15, -0.1) is 11.3 Å². The molecule has 0 fully saturated rings. The highest BCUT2D eigenvalue weighted by molar-refractivity contribution is 7.13.